The van der Waals surface area contributed by atoms with Crippen LogP contribution in [0.2, 0.25) is 0 Å². The fourth-order valence-electron chi connectivity index (χ4n) is 1.88. The molecule has 0 bridgehead atoms. The lowest BCUT2D eigenvalue weighted by Crippen LogP contribution is -2.09. The lowest BCUT2D eigenvalue weighted by atomic mass is 10.1. The number of hydrogen-bond donors (Lipinski definition) is 2. The number of rotatable bonds is 3. The van der Waals surface area contributed by atoms with Crippen molar-refractivity contribution in [2.45, 2.75) is 27.3 Å². The van der Waals surface area contributed by atoms with Crippen molar-refractivity contribution in [1.29, 1.82) is 0 Å². The third-order valence-electron chi connectivity index (χ3n) is 2.50. The van der Waals surface area contributed by atoms with Crippen LogP contribution in [-0.4, -0.2) is 26.7 Å². The van der Waals surface area contributed by atoms with Crippen LogP contribution in [0.15, 0.2) is 0 Å². The largest absolute Gasteiger partial charge is 0.478 e. The van der Waals surface area contributed by atoms with Gasteiger partial charge in [-0.2, -0.15) is 0 Å². The number of carbonyl (C=O) groups is 2. The van der Waals surface area contributed by atoms with Crippen molar-refractivity contribution in [3.8, 4) is 0 Å². The first-order valence-electron chi connectivity index (χ1n) is 4.58. The molecule has 1 aromatic rings. The monoisotopic (exact) mass is 211 g/mol. The lowest BCUT2D eigenvalue weighted by molar-refractivity contribution is 0.0681. The van der Waals surface area contributed by atoms with Gasteiger partial charge < -0.3 is 14.8 Å². The minimum absolute atomic E-state index is 0.0624. The van der Waals surface area contributed by atoms with Crippen LogP contribution in [0.25, 0.3) is 0 Å². The maximum Gasteiger partial charge on any atom is 0.352 e. The van der Waals surface area contributed by atoms with E-state index in [1.54, 1.807) is 13.8 Å². The highest BCUT2D eigenvalue weighted by atomic mass is 16.4. The van der Waals surface area contributed by atoms with Crippen LogP contribution >= 0.6 is 0 Å². The Morgan fingerprint density at radius 2 is 1.73 bits per heavy atom. The van der Waals surface area contributed by atoms with Gasteiger partial charge in [0.25, 0.3) is 0 Å². The maximum absolute atomic E-state index is 11.0. The summed E-state index contributed by atoms with van der Waals surface area (Å²) in [6, 6.07) is 0. The molecule has 0 atom stereocenters. The molecule has 0 spiro atoms. The second kappa shape index (κ2) is 3.76. The first-order valence-corrected chi connectivity index (χ1v) is 4.58. The molecule has 15 heavy (non-hydrogen) atoms. The number of nitrogens with zero attached hydrogens (tertiary/aromatic N) is 1. The number of carboxylic acid groups (broad SMARTS) is 2. The van der Waals surface area contributed by atoms with E-state index in [4.69, 9.17) is 10.2 Å². The van der Waals surface area contributed by atoms with Crippen molar-refractivity contribution in [2.75, 3.05) is 0 Å². The molecule has 0 amide bonds. The molecule has 82 valence electrons. The van der Waals surface area contributed by atoms with Gasteiger partial charge in [0, 0.05) is 12.2 Å². The first kappa shape index (κ1) is 11.3. The zero-order valence-corrected chi connectivity index (χ0v) is 8.87. The second-order valence-corrected chi connectivity index (χ2v) is 3.29. The second-order valence-electron chi connectivity index (χ2n) is 3.29. The van der Waals surface area contributed by atoms with Gasteiger partial charge in [0.2, 0.25) is 0 Å². The third-order valence-corrected chi connectivity index (χ3v) is 2.50. The van der Waals surface area contributed by atoms with Crippen LogP contribution in [0.4, 0.5) is 0 Å². The van der Waals surface area contributed by atoms with E-state index in [0.29, 0.717) is 17.8 Å². The molecule has 1 rings (SSSR count). The van der Waals surface area contributed by atoms with Gasteiger partial charge in [-0.05, 0) is 26.3 Å². The van der Waals surface area contributed by atoms with E-state index in [-0.39, 0.29) is 11.3 Å². The molecule has 0 aliphatic heterocycles. The van der Waals surface area contributed by atoms with Crippen LogP contribution in [0.5, 0.6) is 0 Å². The van der Waals surface area contributed by atoms with Gasteiger partial charge in [0.1, 0.15) is 5.69 Å². The summed E-state index contributed by atoms with van der Waals surface area (Å²) in [6.45, 7) is 5.37. The van der Waals surface area contributed by atoms with Crippen LogP contribution in [0.3, 0.4) is 0 Å². The maximum atomic E-state index is 11.0. The van der Waals surface area contributed by atoms with Gasteiger partial charge in [0.05, 0.1) is 5.56 Å². The Morgan fingerprint density at radius 3 is 2.00 bits per heavy atom. The van der Waals surface area contributed by atoms with Crippen molar-refractivity contribution < 1.29 is 19.8 Å². The van der Waals surface area contributed by atoms with Gasteiger partial charge in [-0.1, -0.05) is 0 Å². The molecule has 0 saturated heterocycles. The molecule has 1 heterocycles. The van der Waals surface area contributed by atoms with Crippen LogP contribution in [0, 0.1) is 13.8 Å². The molecule has 1 aromatic heterocycles. The summed E-state index contributed by atoms with van der Waals surface area (Å²) in [6.07, 6.45) is 0. The molecule has 0 aliphatic carbocycles. The number of aromatic carboxylic acids is 2. The van der Waals surface area contributed by atoms with Crippen LogP contribution in [-0.2, 0) is 6.54 Å². The van der Waals surface area contributed by atoms with E-state index < -0.39 is 11.9 Å². The average Bonchev–Trinajstić information content (AvgIpc) is 2.36. The Hall–Kier alpha value is -1.78. The molecule has 0 saturated carbocycles. The van der Waals surface area contributed by atoms with Crippen molar-refractivity contribution in [1.82, 2.24) is 4.57 Å². The molecule has 2 N–H and O–H groups in total. The summed E-state index contributed by atoms with van der Waals surface area (Å²) in [5.74, 6) is -2.18. The molecule has 0 radical (unpaired) electrons. The summed E-state index contributed by atoms with van der Waals surface area (Å²) >= 11 is 0. The normalized spacial score (nSPS) is 10.3. The Kier molecular flexibility index (Phi) is 2.83. The van der Waals surface area contributed by atoms with Gasteiger partial charge in [-0.3, -0.25) is 0 Å². The standard InChI is InChI=1S/C10H13NO4/c1-4-11-6(3)7(9(12)13)5(2)8(11)10(14)15/h4H2,1-3H3,(H,12,13)(H,14,15). The topological polar surface area (TPSA) is 79.5 Å². The van der Waals surface area contributed by atoms with Crippen molar-refractivity contribution in [2.24, 2.45) is 0 Å². The zero-order valence-electron chi connectivity index (χ0n) is 8.87. The van der Waals surface area contributed by atoms with Gasteiger partial charge in [-0.25, -0.2) is 9.59 Å². The minimum atomic E-state index is -1.09. The van der Waals surface area contributed by atoms with E-state index in [9.17, 15) is 9.59 Å². The summed E-state index contributed by atoms with van der Waals surface area (Å²) in [7, 11) is 0. The number of carboxylic acids is 2. The first-order chi connectivity index (χ1) is 6.91. The predicted molar refractivity (Wildman–Crippen MR) is 53.5 cm³/mol. The van der Waals surface area contributed by atoms with E-state index in [1.807, 2.05) is 0 Å². The van der Waals surface area contributed by atoms with Crippen molar-refractivity contribution in [3.63, 3.8) is 0 Å². The highest BCUT2D eigenvalue weighted by molar-refractivity contribution is 5.97. The third kappa shape index (κ3) is 1.60. The molecular weight excluding hydrogens is 198 g/mol. The van der Waals surface area contributed by atoms with E-state index in [0.717, 1.165) is 0 Å². The van der Waals surface area contributed by atoms with Crippen LogP contribution in [0.1, 0.15) is 39.0 Å². The van der Waals surface area contributed by atoms with E-state index >= 15 is 0 Å². The highest BCUT2D eigenvalue weighted by Gasteiger charge is 2.24. The quantitative estimate of drug-likeness (QED) is 0.794. The highest BCUT2D eigenvalue weighted by Crippen LogP contribution is 2.22. The lowest BCUT2D eigenvalue weighted by Gasteiger charge is -2.04. The zero-order chi connectivity index (χ0) is 11.7. The van der Waals surface area contributed by atoms with Crippen molar-refractivity contribution in [3.05, 3.63) is 22.5 Å². The van der Waals surface area contributed by atoms with Crippen LogP contribution < -0.4 is 0 Å². The minimum Gasteiger partial charge on any atom is -0.478 e. The molecule has 0 fully saturated rings. The SMILES string of the molecule is CCn1c(C)c(C(=O)O)c(C)c1C(=O)O. The smallest absolute Gasteiger partial charge is 0.352 e. The summed E-state index contributed by atoms with van der Waals surface area (Å²) in [4.78, 5) is 21.9. The Morgan fingerprint density at radius 1 is 1.20 bits per heavy atom. The van der Waals surface area contributed by atoms with E-state index in [2.05, 4.69) is 0 Å². The molecule has 0 aromatic carbocycles. The molecule has 5 nitrogen and oxygen atoms in total. The Bertz CT molecular complexity index is 431. The average molecular weight is 211 g/mol. The van der Waals surface area contributed by atoms with Gasteiger partial charge in [0.15, 0.2) is 0 Å². The van der Waals surface area contributed by atoms with Gasteiger partial charge >= 0.3 is 11.9 Å². The number of hydrogen-bond acceptors (Lipinski definition) is 2. The number of aromatic nitrogens is 1. The Labute approximate surface area is 87.0 Å². The molecule has 0 unspecified atom stereocenters. The van der Waals surface area contributed by atoms with Crippen molar-refractivity contribution >= 4 is 11.9 Å². The predicted octanol–water partition coefficient (Wildman–Crippen LogP) is 1.52. The Balaban J connectivity index is 3.59. The summed E-state index contributed by atoms with van der Waals surface area (Å²) < 4.78 is 1.50. The molecule has 5 heteroatoms. The van der Waals surface area contributed by atoms with Gasteiger partial charge in [-0.15, -0.1) is 0 Å². The summed E-state index contributed by atoms with van der Waals surface area (Å²) in [5, 5.41) is 17.9. The fraction of sp³-hybridized carbons (Fsp3) is 0.400. The van der Waals surface area contributed by atoms with E-state index in [1.165, 1.54) is 11.5 Å². The molecular formula is C10H13NO4. The molecule has 0 aliphatic rings. The fourth-order valence-corrected chi connectivity index (χ4v) is 1.88. The summed E-state index contributed by atoms with van der Waals surface area (Å²) in [5.41, 5.74) is 0.955.